The Hall–Kier alpha value is -1.07. The molecule has 0 aliphatic rings. The summed E-state index contributed by atoms with van der Waals surface area (Å²) in [5.74, 6) is 4.87. The van der Waals surface area contributed by atoms with E-state index in [1.165, 1.54) is 4.88 Å². The quantitative estimate of drug-likeness (QED) is 0.364. The van der Waals surface area contributed by atoms with Gasteiger partial charge in [0.15, 0.2) is 0 Å². The molecule has 12 heavy (non-hydrogen) atoms. The maximum atomic E-state index is 10.6. The maximum Gasteiger partial charge on any atom is 0.328 e. The molecular weight excluding hydrogens is 174 g/mol. The zero-order valence-electron chi connectivity index (χ0n) is 6.54. The molecule has 0 radical (unpaired) electrons. The average molecular weight is 185 g/mol. The summed E-state index contributed by atoms with van der Waals surface area (Å²) in [6.45, 7) is 0.615. The summed E-state index contributed by atoms with van der Waals surface area (Å²) in [4.78, 5) is 11.9. The van der Waals surface area contributed by atoms with E-state index in [4.69, 9.17) is 5.84 Å². The number of hydrogen-bond acceptors (Lipinski definition) is 3. The summed E-state index contributed by atoms with van der Waals surface area (Å²) in [6, 6.07) is 3.68. The highest BCUT2D eigenvalue weighted by molar-refractivity contribution is 7.09. The fraction of sp³-hybridized carbons (Fsp3) is 0.286. The summed E-state index contributed by atoms with van der Waals surface area (Å²) >= 11 is 1.68. The first-order valence-corrected chi connectivity index (χ1v) is 4.47. The number of thiophene rings is 1. The predicted molar refractivity (Wildman–Crippen MR) is 48.7 cm³/mol. The SMILES string of the molecule is NNC(=O)NCCc1cccs1. The number of nitrogens with one attached hydrogen (secondary N) is 2. The summed E-state index contributed by atoms with van der Waals surface area (Å²) in [6.07, 6.45) is 0.852. The van der Waals surface area contributed by atoms with Gasteiger partial charge in [-0.15, -0.1) is 11.3 Å². The zero-order valence-corrected chi connectivity index (χ0v) is 7.36. The molecule has 1 rings (SSSR count). The summed E-state index contributed by atoms with van der Waals surface area (Å²) in [5.41, 5.74) is 2.00. The van der Waals surface area contributed by atoms with Crippen LogP contribution in [0.15, 0.2) is 17.5 Å². The van der Waals surface area contributed by atoms with Gasteiger partial charge in [-0.25, -0.2) is 10.6 Å². The molecular formula is C7H11N3OS. The molecule has 5 heteroatoms. The van der Waals surface area contributed by atoms with Crippen LogP contribution in [0.3, 0.4) is 0 Å². The van der Waals surface area contributed by atoms with E-state index in [9.17, 15) is 4.79 Å². The third-order valence-electron chi connectivity index (χ3n) is 1.37. The highest BCUT2D eigenvalue weighted by Crippen LogP contribution is 2.07. The van der Waals surface area contributed by atoms with Crippen molar-refractivity contribution in [2.75, 3.05) is 6.54 Å². The second-order valence-corrected chi connectivity index (χ2v) is 3.26. The van der Waals surface area contributed by atoms with E-state index in [0.29, 0.717) is 6.54 Å². The standard InChI is InChI=1S/C7H11N3OS/c8-10-7(11)9-4-3-6-2-1-5-12-6/h1-2,5H,3-4,8H2,(H2,9,10,11). The Labute approximate surface area is 74.7 Å². The lowest BCUT2D eigenvalue weighted by molar-refractivity contribution is 0.241. The van der Waals surface area contributed by atoms with Crippen LogP contribution in [0.25, 0.3) is 0 Å². The summed E-state index contributed by atoms with van der Waals surface area (Å²) < 4.78 is 0. The van der Waals surface area contributed by atoms with E-state index in [1.54, 1.807) is 11.3 Å². The van der Waals surface area contributed by atoms with Gasteiger partial charge in [-0.3, -0.25) is 5.43 Å². The molecule has 1 aromatic heterocycles. The van der Waals surface area contributed by atoms with Crippen molar-refractivity contribution in [2.24, 2.45) is 5.84 Å². The van der Waals surface area contributed by atoms with Crippen LogP contribution in [0.1, 0.15) is 4.88 Å². The molecule has 0 spiro atoms. The molecule has 0 fully saturated rings. The van der Waals surface area contributed by atoms with Gasteiger partial charge in [-0.2, -0.15) is 0 Å². The Morgan fingerprint density at radius 2 is 2.50 bits per heavy atom. The number of rotatable bonds is 3. The molecule has 0 aliphatic heterocycles. The molecule has 0 aliphatic carbocycles. The Morgan fingerprint density at radius 3 is 3.08 bits per heavy atom. The summed E-state index contributed by atoms with van der Waals surface area (Å²) in [5, 5.41) is 4.61. The van der Waals surface area contributed by atoms with E-state index in [0.717, 1.165) is 6.42 Å². The fourth-order valence-corrected chi connectivity index (χ4v) is 1.51. The lowest BCUT2D eigenvalue weighted by Gasteiger charge is -2.01. The largest absolute Gasteiger partial charge is 0.337 e. The van der Waals surface area contributed by atoms with Gasteiger partial charge in [0.05, 0.1) is 0 Å². The Bertz CT molecular complexity index is 235. The zero-order chi connectivity index (χ0) is 8.81. The first-order valence-electron chi connectivity index (χ1n) is 3.60. The van der Waals surface area contributed by atoms with Gasteiger partial charge < -0.3 is 5.32 Å². The smallest absolute Gasteiger partial charge is 0.328 e. The van der Waals surface area contributed by atoms with Crippen LogP contribution in [0, 0.1) is 0 Å². The fourth-order valence-electron chi connectivity index (χ4n) is 0.805. The number of carbonyl (C=O) groups excluding carboxylic acids is 1. The van der Waals surface area contributed by atoms with E-state index < -0.39 is 0 Å². The van der Waals surface area contributed by atoms with Gasteiger partial charge in [0.1, 0.15) is 0 Å². The number of nitrogens with two attached hydrogens (primary N) is 1. The van der Waals surface area contributed by atoms with Gasteiger partial charge >= 0.3 is 6.03 Å². The first kappa shape index (κ1) is 9.02. The second-order valence-electron chi connectivity index (χ2n) is 2.23. The number of carbonyl (C=O) groups is 1. The van der Waals surface area contributed by atoms with Crippen molar-refractivity contribution in [2.45, 2.75) is 6.42 Å². The number of urea groups is 1. The lowest BCUT2D eigenvalue weighted by atomic mass is 10.3. The first-order chi connectivity index (χ1) is 5.83. The van der Waals surface area contributed by atoms with Crippen molar-refractivity contribution in [1.82, 2.24) is 10.7 Å². The summed E-state index contributed by atoms with van der Waals surface area (Å²) in [7, 11) is 0. The highest BCUT2D eigenvalue weighted by Gasteiger charge is 1.96. The van der Waals surface area contributed by atoms with Crippen molar-refractivity contribution in [1.29, 1.82) is 0 Å². The van der Waals surface area contributed by atoms with Gasteiger partial charge in [0.2, 0.25) is 0 Å². The third kappa shape index (κ3) is 2.89. The normalized spacial score (nSPS) is 9.42. The molecule has 4 nitrogen and oxygen atoms in total. The minimum absolute atomic E-state index is 0.341. The lowest BCUT2D eigenvalue weighted by Crippen LogP contribution is -2.40. The molecule has 1 heterocycles. The second kappa shape index (κ2) is 4.74. The molecule has 0 saturated heterocycles. The van der Waals surface area contributed by atoms with Crippen molar-refractivity contribution >= 4 is 17.4 Å². The third-order valence-corrected chi connectivity index (χ3v) is 2.30. The van der Waals surface area contributed by atoms with Crippen LogP contribution in [-0.2, 0) is 6.42 Å². The predicted octanol–water partition coefficient (Wildman–Crippen LogP) is 0.464. The van der Waals surface area contributed by atoms with Gasteiger partial charge in [-0.1, -0.05) is 6.07 Å². The van der Waals surface area contributed by atoms with Gasteiger partial charge in [0, 0.05) is 11.4 Å². The minimum Gasteiger partial charge on any atom is -0.337 e. The average Bonchev–Trinajstić information content (AvgIpc) is 2.57. The van der Waals surface area contributed by atoms with E-state index in [-0.39, 0.29) is 6.03 Å². The molecule has 0 unspecified atom stereocenters. The molecule has 0 aromatic carbocycles. The van der Waals surface area contributed by atoms with E-state index >= 15 is 0 Å². The van der Waals surface area contributed by atoms with Crippen LogP contribution < -0.4 is 16.6 Å². The van der Waals surface area contributed by atoms with Crippen LogP contribution in [-0.4, -0.2) is 12.6 Å². The maximum absolute atomic E-state index is 10.6. The van der Waals surface area contributed by atoms with Crippen molar-refractivity contribution in [3.05, 3.63) is 22.4 Å². The molecule has 2 amide bonds. The van der Waals surface area contributed by atoms with Crippen molar-refractivity contribution in [3.63, 3.8) is 0 Å². The van der Waals surface area contributed by atoms with Gasteiger partial charge in [-0.05, 0) is 17.9 Å². The Kier molecular flexibility index (Phi) is 3.56. The monoisotopic (exact) mass is 185 g/mol. The molecule has 66 valence electrons. The van der Waals surface area contributed by atoms with Crippen LogP contribution in [0.2, 0.25) is 0 Å². The van der Waals surface area contributed by atoms with Gasteiger partial charge in [0.25, 0.3) is 0 Å². The van der Waals surface area contributed by atoms with Crippen molar-refractivity contribution < 1.29 is 4.79 Å². The van der Waals surface area contributed by atoms with Crippen LogP contribution in [0.4, 0.5) is 4.79 Å². The Morgan fingerprint density at radius 1 is 1.67 bits per heavy atom. The van der Waals surface area contributed by atoms with Crippen LogP contribution >= 0.6 is 11.3 Å². The number of amides is 2. The topological polar surface area (TPSA) is 67.1 Å². The number of hydrogen-bond donors (Lipinski definition) is 3. The molecule has 1 aromatic rings. The van der Waals surface area contributed by atoms with Crippen LogP contribution in [0.5, 0.6) is 0 Å². The minimum atomic E-state index is -0.341. The molecule has 0 atom stereocenters. The highest BCUT2D eigenvalue weighted by atomic mass is 32.1. The molecule has 0 saturated carbocycles. The molecule has 0 bridgehead atoms. The Balaban J connectivity index is 2.15. The number of hydrazine groups is 1. The molecule has 4 N–H and O–H groups in total. The van der Waals surface area contributed by atoms with Crippen molar-refractivity contribution in [3.8, 4) is 0 Å². The van der Waals surface area contributed by atoms with E-state index in [1.807, 2.05) is 22.9 Å². The van der Waals surface area contributed by atoms with E-state index in [2.05, 4.69) is 5.32 Å².